The standard InChI is InChI=1S/C28H23NO/c30-27-28(24-16-8-3-9-17-24,20-22-12-4-1-5-13-22)25-18-10-11-19-26(25)29(27)21-23-14-6-2-7-15-23/h1-19H,20-21H2/t28-/m1/s1. The summed E-state index contributed by atoms with van der Waals surface area (Å²) in [6, 6.07) is 39.0. The highest BCUT2D eigenvalue weighted by Crippen LogP contribution is 2.48. The number of anilines is 1. The molecule has 0 saturated carbocycles. The zero-order valence-corrected chi connectivity index (χ0v) is 16.7. The van der Waals surface area contributed by atoms with E-state index in [-0.39, 0.29) is 5.91 Å². The molecule has 2 heteroatoms. The highest BCUT2D eigenvalue weighted by molar-refractivity contribution is 6.10. The second-order valence-corrected chi connectivity index (χ2v) is 7.83. The average molecular weight is 389 g/mol. The van der Waals surface area contributed by atoms with Gasteiger partial charge in [-0.15, -0.1) is 0 Å². The van der Waals surface area contributed by atoms with Gasteiger partial charge in [-0.25, -0.2) is 0 Å². The minimum absolute atomic E-state index is 0.141. The predicted octanol–water partition coefficient (Wildman–Crippen LogP) is 5.76. The Labute approximate surface area is 177 Å². The molecule has 4 aromatic carbocycles. The molecule has 0 bridgehead atoms. The van der Waals surface area contributed by atoms with Gasteiger partial charge in [-0.3, -0.25) is 4.79 Å². The Kier molecular flexibility index (Phi) is 4.68. The van der Waals surface area contributed by atoms with Crippen molar-refractivity contribution in [1.29, 1.82) is 0 Å². The molecule has 0 unspecified atom stereocenters. The molecule has 1 heterocycles. The zero-order valence-electron chi connectivity index (χ0n) is 16.7. The number of amides is 1. The molecule has 0 N–H and O–H groups in total. The summed E-state index contributed by atoms with van der Waals surface area (Å²) >= 11 is 0. The summed E-state index contributed by atoms with van der Waals surface area (Å²) in [6.45, 7) is 0.570. The van der Waals surface area contributed by atoms with Crippen LogP contribution in [0.25, 0.3) is 0 Å². The summed E-state index contributed by atoms with van der Waals surface area (Å²) in [5.74, 6) is 0.141. The molecule has 0 radical (unpaired) electrons. The van der Waals surface area contributed by atoms with Crippen LogP contribution < -0.4 is 4.90 Å². The number of hydrogen-bond acceptors (Lipinski definition) is 1. The summed E-state index contributed by atoms with van der Waals surface area (Å²) in [7, 11) is 0. The molecule has 0 aliphatic carbocycles. The van der Waals surface area contributed by atoms with Crippen molar-refractivity contribution in [1.82, 2.24) is 0 Å². The van der Waals surface area contributed by atoms with E-state index in [1.807, 2.05) is 71.6 Å². The number of carbonyl (C=O) groups is 1. The Morgan fingerprint density at radius 1 is 0.600 bits per heavy atom. The second-order valence-electron chi connectivity index (χ2n) is 7.83. The fourth-order valence-corrected chi connectivity index (χ4v) is 4.62. The van der Waals surface area contributed by atoms with Gasteiger partial charge < -0.3 is 4.90 Å². The summed E-state index contributed by atoms with van der Waals surface area (Å²) in [5, 5.41) is 0. The molecular formula is C28H23NO. The molecule has 2 nitrogen and oxygen atoms in total. The Bertz CT molecular complexity index is 1150. The molecule has 0 spiro atoms. The summed E-state index contributed by atoms with van der Waals surface area (Å²) in [5.41, 5.74) is 4.69. The normalized spacial score (nSPS) is 17.7. The van der Waals surface area contributed by atoms with Gasteiger partial charge in [0, 0.05) is 5.69 Å². The van der Waals surface area contributed by atoms with Crippen molar-refractivity contribution >= 4 is 11.6 Å². The van der Waals surface area contributed by atoms with E-state index in [9.17, 15) is 4.79 Å². The monoisotopic (exact) mass is 389 g/mol. The Balaban J connectivity index is 1.69. The van der Waals surface area contributed by atoms with Crippen LogP contribution in [0.4, 0.5) is 5.69 Å². The first kappa shape index (κ1) is 18.4. The van der Waals surface area contributed by atoms with Crippen LogP contribution in [0.3, 0.4) is 0 Å². The van der Waals surface area contributed by atoms with Crippen LogP contribution in [0.2, 0.25) is 0 Å². The third-order valence-electron chi connectivity index (χ3n) is 6.03. The van der Waals surface area contributed by atoms with Gasteiger partial charge >= 0.3 is 0 Å². The Morgan fingerprint density at radius 2 is 1.13 bits per heavy atom. The number of hydrogen-bond donors (Lipinski definition) is 0. The first-order valence-corrected chi connectivity index (χ1v) is 10.3. The van der Waals surface area contributed by atoms with Gasteiger partial charge in [-0.1, -0.05) is 109 Å². The molecular weight excluding hydrogens is 366 g/mol. The third-order valence-corrected chi connectivity index (χ3v) is 6.03. The van der Waals surface area contributed by atoms with E-state index in [4.69, 9.17) is 0 Å². The minimum Gasteiger partial charge on any atom is -0.307 e. The van der Waals surface area contributed by atoms with E-state index >= 15 is 0 Å². The predicted molar refractivity (Wildman–Crippen MR) is 121 cm³/mol. The zero-order chi connectivity index (χ0) is 20.4. The fourth-order valence-electron chi connectivity index (χ4n) is 4.62. The molecule has 30 heavy (non-hydrogen) atoms. The van der Waals surface area contributed by atoms with Crippen LogP contribution in [-0.2, 0) is 23.2 Å². The van der Waals surface area contributed by atoms with Crippen LogP contribution in [0, 0.1) is 0 Å². The van der Waals surface area contributed by atoms with E-state index in [1.54, 1.807) is 0 Å². The molecule has 1 atom stereocenters. The van der Waals surface area contributed by atoms with Gasteiger partial charge in [0.05, 0.1) is 6.54 Å². The maximum absolute atomic E-state index is 14.2. The van der Waals surface area contributed by atoms with Crippen LogP contribution in [0.5, 0.6) is 0 Å². The van der Waals surface area contributed by atoms with E-state index in [2.05, 4.69) is 48.5 Å². The molecule has 1 amide bonds. The lowest BCUT2D eigenvalue weighted by Gasteiger charge is -2.30. The SMILES string of the molecule is O=C1N(Cc2ccccc2)c2ccccc2[C@@]1(Cc1ccccc1)c1ccccc1. The van der Waals surface area contributed by atoms with Crippen LogP contribution in [0.15, 0.2) is 115 Å². The molecule has 5 rings (SSSR count). The van der Waals surface area contributed by atoms with E-state index < -0.39 is 5.41 Å². The van der Waals surface area contributed by atoms with Crippen LogP contribution >= 0.6 is 0 Å². The fraction of sp³-hybridized carbons (Fsp3) is 0.107. The molecule has 4 aromatic rings. The first-order valence-electron chi connectivity index (χ1n) is 10.3. The van der Waals surface area contributed by atoms with Gasteiger partial charge in [0.2, 0.25) is 5.91 Å². The number of carbonyl (C=O) groups excluding carboxylic acids is 1. The van der Waals surface area contributed by atoms with Gasteiger partial charge in [0.15, 0.2) is 0 Å². The number of fused-ring (bicyclic) bond motifs is 1. The maximum Gasteiger partial charge on any atom is 0.242 e. The molecule has 0 saturated heterocycles. The number of nitrogens with zero attached hydrogens (tertiary/aromatic N) is 1. The van der Waals surface area contributed by atoms with E-state index in [0.29, 0.717) is 13.0 Å². The van der Waals surface area contributed by atoms with E-state index in [0.717, 1.165) is 27.9 Å². The lowest BCUT2D eigenvalue weighted by atomic mass is 9.71. The first-order chi connectivity index (χ1) is 14.8. The van der Waals surface area contributed by atoms with Gasteiger partial charge in [0.1, 0.15) is 5.41 Å². The third kappa shape index (κ3) is 3.02. The average Bonchev–Trinajstić information content (AvgIpc) is 3.05. The van der Waals surface area contributed by atoms with Gasteiger partial charge in [-0.2, -0.15) is 0 Å². The van der Waals surface area contributed by atoms with Crippen molar-refractivity contribution in [2.75, 3.05) is 4.90 Å². The topological polar surface area (TPSA) is 20.3 Å². The molecule has 1 aliphatic rings. The van der Waals surface area contributed by atoms with Crippen molar-refractivity contribution in [3.05, 3.63) is 138 Å². The van der Waals surface area contributed by atoms with Crippen molar-refractivity contribution in [2.45, 2.75) is 18.4 Å². The highest BCUT2D eigenvalue weighted by atomic mass is 16.2. The molecule has 1 aliphatic heterocycles. The number of rotatable bonds is 5. The molecule has 0 aromatic heterocycles. The van der Waals surface area contributed by atoms with Gasteiger partial charge in [0.25, 0.3) is 0 Å². The van der Waals surface area contributed by atoms with Crippen LogP contribution in [0.1, 0.15) is 22.3 Å². The quantitative estimate of drug-likeness (QED) is 0.425. The van der Waals surface area contributed by atoms with Crippen molar-refractivity contribution in [3.63, 3.8) is 0 Å². The maximum atomic E-state index is 14.2. The Morgan fingerprint density at radius 3 is 1.80 bits per heavy atom. The van der Waals surface area contributed by atoms with Crippen molar-refractivity contribution in [3.8, 4) is 0 Å². The number of para-hydroxylation sites is 1. The van der Waals surface area contributed by atoms with Crippen molar-refractivity contribution < 1.29 is 4.79 Å². The minimum atomic E-state index is -0.728. The highest BCUT2D eigenvalue weighted by Gasteiger charge is 2.51. The largest absolute Gasteiger partial charge is 0.307 e. The van der Waals surface area contributed by atoms with Gasteiger partial charge in [-0.05, 0) is 34.7 Å². The number of benzene rings is 4. The summed E-state index contributed by atoms with van der Waals surface area (Å²) < 4.78 is 0. The summed E-state index contributed by atoms with van der Waals surface area (Å²) in [4.78, 5) is 16.2. The lowest BCUT2D eigenvalue weighted by Crippen LogP contribution is -2.42. The Hall–Kier alpha value is -3.65. The van der Waals surface area contributed by atoms with Crippen molar-refractivity contribution in [2.24, 2.45) is 0 Å². The van der Waals surface area contributed by atoms with E-state index in [1.165, 1.54) is 0 Å². The second kappa shape index (κ2) is 7.64. The van der Waals surface area contributed by atoms with Crippen LogP contribution in [-0.4, -0.2) is 5.91 Å². The lowest BCUT2D eigenvalue weighted by molar-refractivity contribution is -0.122. The molecule has 146 valence electrons. The smallest absolute Gasteiger partial charge is 0.242 e. The summed E-state index contributed by atoms with van der Waals surface area (Å²) in [6.07, 6.45) is 0.638. The molecule has 0 fully saturated rings.